The molecule has 1 aromatic rings. The molecule has 2 rings (SSSR count). The molecule has 0 unspecified atom stereocenters. The largest absolute Gasteiger partial charge is 0.469 e. The van der Waals surface area contributed by atoms with Gasteiger partial charge < -0.3 is 15.0 Å². The molecule has 0 radical (unpaired) electrons. The average Bonchev–Trinajstić information content (AvgIpc) is 2.91. The first kappa shape index (κ1) is 13.6. The van der Waals surface area contributed by atoms with Crippen LogP contribution in [0.4, 0.5) is 11.6 Å². The minimum absolute atomic E-state index is 0.224. The van der Waals surface area contributed by atoms with E-state index in [4.69, 9.17) is 0 Å². The third kappa shape index (κ3) is 3.81. The van der Waals surface area contributed by atoms with Crippen molar-refractivity contribution in [2.24, 2.45) is 0 Å². The molecule has 1 aromatic heterocycles. The van der Waals surface area contributed by atoms with Crippen LogP contribution >= 0.6 is 0 Å². The van der Waals surface area contributed by atoms with Crippen molar-refractivity contribution in [3.05, 3.63) is 11.9 Å². The minimum atomic E-state index is -0.224. The van der Waals surface area contributed by atoms with E-state index in [2.05, 4.69) is 24.9 Å². The second-order valence-electron chi connectivity index (χ2n) is 4.61. The quantitative estimate of drug-likeness (QED) is 0.810. The van der Waals surface area contributed by atoms with Crippen molar-refractivity contribution < 1.29 is 9.53 Å². The van der Waals surface area contributed by atoms with Crippen LogP contribution in [0.2, 0.25) is 0 Å². The molecule has 1 aliphatic heterocycles. The number of aryl methyl sites for hydroxylation is 1. The lowest BCUT2D eigenvalue weighted by Gasteiger charge is -2.17. The van der Waals surface area contributed by atoms with Crippen LogP contribution in [-0.4, -0.2) is 42.7 Å². The SMILES string of the molecule is COC(=O)CCNc1cc(N2CCCC2)nc(C)n1. The van der Waals surface area contributed by atoms with Gasteiger partial charge in [0.2, 0.25) is 0 Å². The smallest absolute Gasteiger partial charge is 0.307 e. The third-order valence-corrected chi connectivity index (χ3v) is 3.12. The van der Waals surface area contributed by atoms with Crippen molar-refractivity contribution in [1.82, 2.24) is 9.97 Å². The van der Waals surface area contributed by atoms with Crippen LogP contribution < -0.4 is 10.2 Å². The summed E-state index contributed by atoms with van der Waals surface area (Å²) in [5.74, 6) is 2.24. The van der Waals surface area contributed by atoms with Gasteiger partial charge in [-0.05, 0) is 19.8 Å². The summed E-state index contributed by atoms with van der Waals surface area (Å²) in [6.45, 7) is 4.50. The van der Waals surface area contributed by atoms with E-state index in [9.17, 15) is 4.79 Å². The van der Waals surface area contributed by atoms with Crippen molar-refractivity contribution in [1.29, 1.82) is 0 Å². The van der Waals surface area contributed by atoms with E-state index in [0.717, 1.165) is 30.5 Å². The lowest BCUT2D eigenvalue weighted by Crippen LogP contribution is -2.20. The molecule has 0 saturated carbocycles. The summed E-state index contributed by atoms with van der Waals surface area (Å²) < 4.78 is 4.60. The highest BCUT2D eigenvalue weighted by molar-refractivity contribution is 5.69. The lowest BCUT2D eigenvalue weighted by molar-refractivity contribution is -0.140. The number of carbonyl (C=O) groups excluding carboxylic acids is 1. The fraction of sp³-hybridized carbons (Fsp3) is 0.615. The molecule has 0 aromatic carbocycles. The predicted octanol–water partition coefficient (Wildman–Crippen LogP) is 1.36. The highest BCUT2D eigenvalue weighted by Crippen LogP contribution is 2.20. The molecule has 104 valence electrons. The Morgan fingerprint density at radius 3 is 2.84 bits per heavy atom. The van der Waals surface area contributed by atoms with Crippen LogP contribution in [0, 0.1) is 6.92 Å². The van der Waals surface area contributed by atoms with Crippen LogP contribution in [-0.2, 0) is 9.53 Å². The number of esters is 1. The Kier molecular flexibility index (Phi) is 4.54. The maximum absolute atomic E-state index is 11.0. The van der Waals surface area contributed by atoms with Crippen molar-refractivity contribution in [2.75, 3.05) is 37.0 Å². The zero-order valence-electron chi connectivity index (χ0n) is 11.5. The van der Waals surface area contributed by atoms with Crippen molar-refractivity contribution in [3.8, 4) is 0 Å². The summed E-state index contributed by atoms with van der Waals surface area (Å²) in [7, 11) is 1.39. The van der Waals surface area contributed by atoms with Crippen LogP contribution in [0.1, 0.15) is 25.1 Å². The molecule has 1 saturated heterocycles. The summed E-state index contributed by atoms with van der Waals surface area (Å²) in [5.41, 5.74) is 0. The molecule has 19 heavy (non-hydrogen) atoms. The first-order valence-electron chi connectivity index (χ1n) is 6.60. The number of methoxy groups -OCH3 is 1. The van der Waals surface area contributed by atoms with Gasteiger partial charge >= 0.3 is 5.97 Å². The Morgan fingerprint density at radius 1 is 1.42 bits per heavy atom. The summed E-state index contributed by atoms with van der Waals surface area (Å²) in [5, 5.41) is 3.14. The van der Waals surface area contributed by atoms with Crippen LogP contribution in [0.15, 0.2) is 6.07 Å². The number of anilines is 2. The molecule has 0 aliphatic carbocycles. The molecule has 0 spiro atoms. The van der Waals surface area contributed by atoms with Crippen molar-refractivity contribution >= 4 is 17.6 Å². The number of carbonyl (C=O) groups is 1. The first-order valence-corrected chi connectivity index (χ1v) is 6.60. The van der Waals surface area contributed by atoms with Gasteiger partial charge in [0.25, 0.3) is 0 Å². The van der Waals surface area contributed by atoms with Gasteiger partial charge in [-0.15, -0.1) is 0 Å². The molecule has 0 amide bonds. The molecule has 2 heterocycles. The van der Waals surface area contributed by atoms with E-state index >= 15 is 0 Å². The molecule has 6 nitrogen and oxygen atoms in total. The number of aromatic nitrogens is 2. The fourth-order valence-corrected chi connectivity index (χ4v) is 2.15. The van der Waals surface area contributed by atoms with Crippen LogP contribution in [0.25, 0.3) is 0 Å². The molecule has 1 aliphatic rings. The Morgan fingerprint density at radius 2 is 2.16 bits per heavy atom. The Balaban J connectivity index is 1.98. The molecule has 0 bridgehead atoms. The maximum Gasteiger partial charge on any atom is 0.307 e. The van der Waals surface area contributed by atoms with E-state index in [1.165, 1.54) is 20.0 Å². The topological polar surface area (TPSA) is 67.3 Å². The van der Waals surface area contributed by atoms with Gasteiger partial charge in [-0.2, -0.15) is 0 Å². The highest BCUT2D eigenvalue weighted by Gasteiger charge is 2.15. The van der Waals surface area contributed by atoms with E-state index in [0.29, 0.717) is 13.0 Å². The summed E-state index contributed by atoms with van der Waals surface area (Å²) in [6, 6.07) is 1.94. The Hall–Kier alpha value is -1.85. The monoisotopic (exact) mass is 264 g/mol. The second-order valence-corrected chi connectivity index (χ2v) is 4.61. The highest BCUT2D eigenvalue weighted by atomic mass is 16.5. The molecular weight excluding hydrogens is 244 g/mol. The number of hydrogen-bond donors (Lipinski definition) is 1. The lowest BCUT2D eigenvalue weighted by atomic mass is 10.4. The van der Waals surface area contributed by atoms with Gasteiger partial charge in [-0.25, -0.2) is 9.97 Å². The average molecular weight is 264 g/mol. The first-order chi connectivity index (χ1) is 9.19. The number of hydrogen-bond acceptors (Lipinski definition) is 6. The molecular formula is C13H20N4O2. The Labute approximate surface area is 113 Å². The van der Waals surface area contributed by atoms with Gasteiger partial charge in [0, 0.05) is 25.7 Å². The van der Waals surface area contributed by atoms with Crippen molar-refractivity contribution in [2.45, 2.75) is 26.2 Å². The van der Waals surface area contributed by atoms with E-state index in [-0.39, 0.29) is 5.97 Å². The molecule has 0 atom stereocenters. The Bertz CT molecular complexity index is 444. The summed E-state index contributed by atoms with van der Waals surface area (Å²) in [4.78, 5) is 22.1. The number of ether oxygens (including phenoxy) is 1. The van der Waals surface area contributed by atoms with E-state index in [1.54, 1.807) is 0 Å². The van der Waals surface area contributed by atoms with E-state index < -0.39 is 0 Å². The zero-order valence-corrected chi connectivity index (χ0v) is 11.5. The minimum Gasteiger partial charge on any atom is -0.469 e. The molecule has 6 heteroatoms. The van der Waals surface area contributed by atoms with Gasteiger partial charge in [-0.1, -0.05) is 0 Å². The van der Waals surface area contributed by atoms with Crippen molar-refractivity contribution in [3.63, 3.8) is 0 Å². The summed E-state index contributed by atoms with van der Waals surface area (Å²) in [6.07, 6.45) is 2.76. The van der Waals surface area contributed by atoms with E-state index in [1.807, 2.05) is 13.0 Å². The van der Waals surface area contributed by atoms with Gasteiger partial charge in [0.15, 0.2) is 0 Å². The van der Waals surface area contributed by atoms with Crippen LogP contribution in [0.3, 0.4) is 0 Å². The number of nitrogens with one attached hydrogen (secondary N) is 1. The predicted molar refractivity (Wildman–Crippen MR) is 73.3 cm³/mol. The van der Waals surface area contributed by atoms with Gasteiger partial charge in [-0.3, -0.25) is 4.79 Å². The normalized spacial score (nSPS) is 14.5. The molecule has 1 fully saturated rings. The van der Waals surface area contributed by atoms with Gasteiger partial charge in [0.05, 0.1) is 13.5 Å². The number of nitrogens with zero attached hydrogens (tertiary/aromatic N) is 3. The third-order valence-electron chi connectivity index (χ3n) is 3.12. The standard InChI is InChI=1S/C13H20N4O2/c1-10-15-11(14-6-5-13(18)19-2)9-12(16-10)17-7-3-4-8-17/h9H,3-8H2,1-2H3,(H,14,15,16). The maximum atomic E-state index is 11.0. The summed E-state index contributed by atoms with van der Waals surface area (Å²) >= 11 is 0. The van der Waals surface area contributed by atoms with Gasteiger partial charge in [0.1, 0.15) is 17.5 Å². The van der Waals surface area contributed by atoms with Crippen LogP contribution in [0.5, 0.6) is 0 Å². The molecule has 1 N–H and O–H groups in total. The number of rotatable bonds is 5. The fourth-order valence-electron chi connectivity index (χ4n) is 2.15. The zero-order chi connectivity index (χ0) is 13.7. The second kappa shape index (κ2) is 6.36.